The maximum Gasteiger partial charge on any atom is 0.410 e. The number of rotatable bonds is 3. The number of amides is 1. The highest BCUT2D eigenvalue weighted by Gasteiger charge is 2.40. The summed E-state index contributed by atoms with van der Waals surface area (Å²) in [4.78, 5) is 14.5. The summed E-state index contributed by atoms with van der Waals surface area (Å²) in [6, 6.07) is 16.5. The van der Waals surface area contributed by atoms with Crippen molar-refractivity contribution in [3.05, 3.63) is 59.7 Å². The second kappa shape index (κ2) is 7.01. The van der Waals surface area contributed by atoms with E-state index in [2.05, 4.69) is 38.1 Å². The Hall–Kier alpha value is -2.33. The van der Waals surface area contributed by atoms with Gasteiger partial charge in [-0.15, -0.1) is 0 Å². The second-order valence-electron chi connectivity index (χ2n) is 8.29. The molecule has 1 amide bonds. The molecule has 0 bridgehead atoms. The van der Waals surface area contributed by atoms with Crippen molar-refractivity contribution in [1.29, 1.82) is 0 Å². The van der Waals surface area contributed by atoms with Crippen molar-refractivity contribution < 1.29 is 14.6 Å². The predicted molar refractivity (Wildman–Crippen MR) is 106 cm³/mol. The Bertz CT molecular complexity index is 800. The summed E-state index contributed by atoms with van der Waals surface area (Å²) in [5.74, 6) is 0.0618. The molecule has 2 aromatic rings. The highest BCUT2D eigenvalue weighted by molar-refractivity contribution is 5.79. The van der Waals surface area contributed by atoms with Crippen LogP contribution in [0.1, 0.15) is 43.7 Å². The van der Waals surface area contributed by atoms with Crippen LogP contribution in [-0.4, -0.2) is 41.9 Å². The van der Waals surface area contributed by atoms with Crippen LogP contribution in [0.25, 0.3) is 11.1 Å². The van der Waals surface area contributed by atoms with E-state index in [1.165, 1.54) is 22.3 Å². The van der Waals surface area contributed by atoms with Crippen LogP contribution in [0.5, 0.6) is 0 Å². The summed E-state index contributed by atoms with van der Waals surface area (Å²) < 4.78 is 5.78. The Morgan fingerprint density at radius 3 is 2.30 bits per heavy atom. The van der Waals surface area contributed by atoms with Gasteiger partial charge in [0.15, 0.2) is 0 Å². The van der Waals surface area contributed by atoms with Gasteiger partial charge in [0.1, 0.15) is 6.61 Å². The lowest BCUT2D eigenvalue weighted by Crippen LogP contribution is -2.54. The van der Waals surface area contributed by atoms with Gasteiger partial charge in [-0.25, -0.2) is 4.79 Å². The van der Waals surface area contributed by atoms with E-state index in [4.69, 9.17) is 4.74 Å². The van der Waals surface area contributed by atoms with Gasteiger partial charge in [0.05, 0.1) is 12.6 Å². The highest BCUT2D eigenvalue weighted by atomic mass is 16.6. The van der Waals surface area contributed by atoms with Crippen LogP contribution in [-0.2, 0) is 4.74 Å². The normalized spacial score (nSPS) is 20.9. The molecule has 4 rings (SSSR count). The SMILES string of the molecule is CC1(C)CCCN(C(=O)OCC2c3ccccc3-c3ccccc32)C1CO. The van der Waals surface area contributed by atoms with E-state index in [1.54, 1.807) is 4.90 Å². The molecule has 142 valence electrons. The number of fused-ring (bicyclic) bond motifs is 3. The minimum absolute atomic E-state index is 0.0306. The Labute approximate surface area is 160 Å². The molecule has 4 nitrogen and oxygen atoms in total. The first-order valence-electron chi connectivity index (χ1n) is 9.75. The van der Waals surface area contributed by atoms with Crippen LogP contribution in [0.3, 0.4) is 0 Å². The van der Waals surface area contributed by atoms with Crippen LogP contribution in [0.2, 0.25) is 0 Å². The third-order valence-corrected chi connectivity index (χ3v) is 6.24. The molecule has 4 heteroatoms. The van der Waals surface area contributed by atoms with E-state index in [9.17, 15) is 9.90 Å². The third-order valence-electron chi connectivity index (χ3n) is 6.24. The average molecular weight is 365 g/mol. The molecule has 1 saturated heterocycles. The fourth-order valence-corrected chi connectivity index (χ4v) is 4.69. The first-order chi connectivity index (χ1) is 13.0. The van der Waals surface area contributed by atoms with E-state index in [1.807, 2.05) is 24.3 Å². The fourth-order valence-electron chi connectivity index (χ4n) is 4.69. The zero-order valence-corrected chi connectivity index (χ0v) is 16.0. The zero-order chi connectivity index (χ0) is 19.0. The Balaban J connectivity index is 1.53. The van der Waals surface area contributed by atoms with Crippen LogP contribution >= 0.6 is 0 Å². The minimum Gasteiger partial charge on any atom is -0.448 e. The molecule has 1 heterocycles. The number of aliphatic hydroxyl groups is 1. The molecule has 2 aliphatic rings. The van der Waals surface area contributed by atoms with Crippen molar-refractivity contribution in [3.8, 4) is 11.1 Å². The topological polar surface area (TPSA) is 49.8 Å². The first-order valence-corrected chi connectivity index (χ1v) is 9.75. The third kappa shape index (κ3) is 3.12. The van der Waals surface area contributed by atoms with Gasteiger partial charge in [0.2, 0.25) is 0 Å². The number of nitrogens with zero attached hydrogens (tertiary/aromatic N) is 1. The van der Waals surface area contributed by atoms with Gasteiger partial charge >= 0.3 is 6.09 Å². The predicted octanol–water partition coefficient (Wildman–Crippen LogP) is 4.42. The Kier molecular flexibility index (Phi) is 4.68. The molecule has 1 aliphatic carbocycles. The Morgan fingerprint density at radius 2 is 1.70 bits per heavy atom. The molecule has 0 saturated carbocycles. The molecule has 0 radical (unpaired) electrons. The average Bonchev–Trinajstić information content (AvgIpc) is 2.99. The van der Waals surface area contributed by atoms with Crippen molar-refractivity contribution >= 4 is 6.09 Å². The van der Waals surface area contributed by atoms with Gasteiger partial charge in [0, 0.05) is 12.5 Å². The van der Waals surface area contributed by atoms with Crippen LogP contribution in [0.4, 0.5) is 4.79 Å². The van der Waals surface area contributed by atoms with Crippen molar-refractivity contribution in [2.45, 2.75) is 38.6 Å². The molecule has 0 spiro atoms. The molecule has 1 N–H and O–H groups in total. The van der Waals surface area contributed by atoms with E-state index in [0.717, 1.165) is 12.8 Å². The molecular weight excluding hydrogens is 338 g/mol. The number of likely N-dealkylation sites (tertiary alicyclic amines) is 1. The van der Waals surface area contributed by atoms with Gasteiger partial charge in [-0.05, 0) is 40.5 Å². The number of benzene rings is 2. The summed E-state index contributed by atoms with van der Waals surface area (Å²) in [5.41, 5.74) is 4.77. The van der Waals surface area contributed by atoms with E-state index < -0.39 is 0 Å². The first kappa shape index (κ1) is 18.1. The smallest absolute Gasteiger partial charge is 0.410 e. The van der Waals surface area contributed by atoms with E-state index in [-0.39, 0.29) is 30.1 Å². The highest BCUT2D eigenvalue weighted by Crippen LogP contribution is 2.44. The van der Waals surface area contributed by atoms with Crippen LogP contribution in [0, 0.1) is 5.41 Å². The fraction of sp³-hybridized carbons (Fsp3) is 0.435. The maximum absolute atomic E-state index is 12.8. The molecule has 1 unspecified atom stereocenters. The van der Waals surface area contributed by atoms with Crippen molar-refractivity contribution in [1.82, 2.24) is 4.90 Å². The molecule has 1 fully saturated rings. The maximum atomic E-state index is 12.8. The lowest BCUT2D eigenvalue weighted by atomic mass is 9.77. The van der Waals surface area contributed by atoms with Gasteiger partial charge in [-0.2, -0.15) is 0 Å². The van der Waals surface area contributed by atoms with Crippen molar-refractivity contribution in [2.75, 3.05) is 19.8 Å². The molecule has 1 atom stereocenters. The van der Waals surface area contributed by atoms with Gasteiger partial charge in [0.25, 0.3) is 0 Å². The molecule has 1 aliphatic heterocycles. The number of aliphatic hydroxyl groups excluding tert-OH is 1. The molecule has 27 heavy (non-hydrogen) atoms. The Morgan fingerprint density at radius 1 is 1.11 bits per heavy atom. The quantitative estimate of drug-likeness (QED) is 0.876. The van der Waals surface area contributed by atoms with Gasteiger partial charge in [-0.3, -0.25) is 0 Å². The number of carbonyl (C=O) groups is 1. The van der Waals surface area contributed by atoms with Crippen LogP contribution < -0.4 is 0 Å². The zero-order valence-electron chi connectivity index (χ0n) is 16.0. The number of hydrogen-bond donors (Lipinski definition) is 1. The lowest BCUT2D eigenvalue weighted by Gasteiger charge is -2.45. The standard InChI is InChI=1S/C23H27NO3/c1-23(2)12-7-13-24(21(23)14-25)22(26)27-15-20-18-10-5-3-8-16(18)17-9-4-6-11-19(17)20/h3-6,8-11,20-21,25H,7,12-15H2,1-2H3. The summed E-state index contributed by atoms with van der Waals surface area (Å²) in [6.07, 6.45) is 1.63. The summed E-state index contributed by atoms with van der Waals surface area (Å²) in [7, 11) is 0. The summed E-state index contributed by atoms with van der Waals surface area (Å²) >= 11 is 0. The van der Waals surface area contributed by atoms with Gasteiger partial charge in [-0.1, -0.05) is 62.4 Å². The number of ether oxygens (including phenoxy) is 1. The minimum atomic E-state index is -0.316. The second-order valence-corrected chi connectivity index (χ2v) is 8.29. The largest absolute Gasteiger partial charge is 0.448 e. The monoisotopic (exact) mass is 365 g/mol. The van der Waals surface area contributed by atoms with E-state index >= 15 is 0 Å². The summed E-state index contributed by atoms with van der Waals surface area (Å²) in [6.45, 7) is 5.15. The lowest BCUT2D eigenvalue weighted by molar-refractivity contribution is -0.00318. The number of carbonyl (C=O) groups excluding carboxylic acids is 1. The van der Waals surface area contributed by atoms with E-state index in [0.29, 0.717) is 13.2 Å². The molecule has 2 aromatic carbocycles. The van der Waals surface area contributed by atoms with Gasteiger partial charge < -0.3 is 14.7 Å². The van der Waals surface area contributed by atoms with Crippen molar-refractivity contribution in [2.24, 2.45) is 5.41 Å². The number of hydrogen-bond acceptors (Lipinski definition) is 3. The number of piperidine rings is 1. The molecule has 0 aromatic heterocycles. The molecular formula is C23H27NO3. The van der Waals surface area contributed by atoms with Crippen molar-refractivity contribution in [3.63, 3.8) is 0 Å². The van der Waals surface area contributed by atoms with Crippen LogP contribution in [0.15, 0.2) is 48.5 Å². The summed E-state index contributed by atoms with van der Waals surface area (Å²) in [5, 5.41) is 9.84.